The van der Waals surface area contributed by atoms with Crippen molar-refractivity contribution in [3.8, 4) is 11.5 Å². The van der Waals surface area contributed by atoms with Gasteiger partial charge in [0.1, 0.15) is 0 Å². The summed E-state index contributed by atoms with van der Waals surface area (Å²) in [6.07, 6.45) is 3.58. The van der Waals surface area contributed by atoms with Crippen LogP contribution in [0.15, 0.2) is 42.6 Å². The number of carbonyl (C=O) groups excluding carboxylic acids is 2. The Morgan fingerprint density at radius 1 is 1.04 bits per heavy atom. The fourth-order valence-electron chi connectivity index (χ4n) is 3.15. The molecule has 2 amide bonds. The normalized spacial score (nSPS) is 13.2. The van der Waals surface area contributed by atoms with E-state index >= 15 is 0 Å². The quantitative estimate of drug-likeness (QED) is 0.608. The maximum Gasteiger partial charge on any atom is 0.255 e. The van der Waals surface area contributed by atoms with Gasteiger partial charge in [-0.2, -0.15) is 0 Å². The van der Waals surface area contributed by atoms with E-state index in [1.807, 2.05) is 30.5 Å². The second kappa shape index (κ2) is 7.26. The third kappa shape index (κ3) is 3.38. The van der Waals surface area contributed by atoms with Crippen LogP contribution in [0.2, 0.25) is 0 Å². The molecule has 1 heterocycles. The van der Waals surface area contributed by atoms with E-state index in [4.69, 9.17) is 9.47 Å². The Kier molecular flexibility index (Phi) is 4.65. The molecule has 1 aliphatic rings. The molecule has 0 saturated heterocycles. The summed E-state index contributed by atoms with van der Waals surface area (Å²) in [7, 11) is 2.99. The summed E-state index contributed by atoms with van der Waals surface area (Å²) in [4.78, 5) is 28.2. The number of hydrogen-bond acceptors (Lipinski definition) is 4. The summed E-state index contributed by atoms with van der Waals surface area (Å²) in [5.74, 6) is 0.400. The van der Waals surface area contributed by atoms with Gasteiger partial charge in [0.25, 0.3) is 5.91 Å². The standard InChI is InChI=1S/C21H21N3O4/c1-27-17-11-14(10-16(19(17)28-2)24-20(25)13-6-7-13)21(26)23-15-5-3-4-12-8-9-22-18(12)15/h3-5,8-11,13,22H,6-7H2,1-2H3,(H,23,26)(H,24,25). The maximum atomic E-state index is 12.9. The van der Waals surface area contributed by atoms with Gasteiger partial charge >= 0.3 is 0 Å². The minimum absolute atomic E-state index is 0.0265. The lowest BCUT2D eigenvalue weighted by Crippen LogP contribution is -2.17. The van der Waals surface area contributed by atoms with Gasteiger partial charge in [-0.15, -0.1) is 0 Å². The topological polar surface area (TPSA) is 92.5 Å². The van der Waals surface area contributed by atoms with E-state index in [0.717, 1.165) is 23.7 Å². The summed E-state index contributed by atoms with van der Waals surface area (Å²) >= 11 is 0. The van der Waals surface area contributed by atoms with Gasteiger partial charge in [-0.25, -0.2) is 0 Å². The SMILES string of the molecule is COc1cc(C(=O)Nc2cccc3cc[nH]c23)cc(NC(=O)C2CC2)c1OC. The van der Waals surface area contributed by atoms with Gasteiger partial charge < -0.3 is 25.1 Å². The van der Waals surface area contributed by atoms with Crippen LogP contribution in [0.25, 0.3) is 10.9 Å². The van der Waals surface area contributed by atoms with E-state index in [0.29, 0.717) is 28.4 Å². The molecule has 3 aromatic rings. The molecule has 3 N–H and O–H groups in total. The smallest absolute Gasteiger partial charge is 0.255 e. The number of rotatable bonds is 6. The molecule has 28 heavy (non-hydrogen) atoms. The number of amides is 2. The van der Waals surface area contributed by atoms with E-state index in [2.05, 4.69) is 15.6 Å². The Morgan fingerprint density at radius 2 is 1.86 bits per heavy atom. The zero-order valence-corrected chi connectivity index (χ0v) is 15.7. The molecule has 7 nitrogen and oxygen atoms in total. The number of aromatic amines is 1. The minimum Gasteiger partial charge on any atom is -0.493 e. The van der Waals surface area contributed by atoms with Crippen LogP contribution in [0.5, 0.6) is 11.5 Å². The van der Waals surface area contributed by atoms with Gasteiger partial charge in [-0.3, -0.25) is 9.59 Å². The largest absolute Gasteiger partial charge is 0.493 e. The molecule has 1 saturated carbocycles. The first-order valence-corrected chi connectivity index (χ1v) is 9.05. The van der Waals surface area contributed by atoms with Crippen molar-refractivity contribution in [2.45, 2.75) is 12.8 Å². The van der Waals surface area contributed by atoms with E-state index < -0.39 is 0 Å². The van der Waals surface area contributed by atoms with Crippen molar-refractivity contribution < 1.29 is 19.1 Å². The average Bonchev–Trinajstić information content (AvgIpc) is 3.44. The lowest BCUT2D eigenvalue weighted by atomic mass is 10.1. The highest BCUT2D eigenvalue weighted by Crippen LogP contribution is 2.39. The van der Waals surface area contributed by atoms with Crippen molar-refractivity contribution in [3.05, 3.63) is 48.2 Å². The molecule has 1 aromatic heterocycles. The summed E-state index contributed by atoms with van der Waals surface area (Å²) in [5.41, 5.74) is 2.29. The maximum absolute atomic E-state index is 12.9. The third-order valence-electron chi connectivity index (χ3n) is 4.78. The van der Waals surface area contributed by atoms with Crippen molar-refractivity contribution in [1.82, 2.24) is 4.98 Å². The van der Waals surface area contributed by atoms with Gasteiger partial charge in [0.05, 0.1) is 31.1 Å². The molecule has 0 spiro atoms. The average molecular weight is 379 g/mol. The van der Waals surface area contributed by atoms with Crippen LogP contribution in [0.1, 0.15) is 23.2 Å². The lowest BCUT2D eigenvalue weighted by molar-refractivity contribution is -0.117. The van der Waals surface area contributed by atoms with Gasteiger partial charge in [0.15, 0.2) is 11.5 Å². The molecule has 2 aromatic carbocycles. The van der Waals surface area contributed by atoms with Crippen LogP contribution in [0.3, 0.4) is 0 Å². The Balaban J connectivity index is 1.66. The molecule has 0 aliphatic heterocycles. The second-order valence-corrected chi connectivity index (χ2v) is 6.72. The molecular weight excluding hydrogens is 358 g/mol. The number of benzene rings is 2. The van der Waals surface area contributed by atoms with Crippen LogP contribution in [-0.2, 0) is 4.79 Å². The highest BCUT2D eigenvalue weighted by molar-refractivity contribution is 6.10. The number of anilines is 2. The van der Waals surface area contributed by atoms with Crippen molar-refractivity contribution in [2.24, 2.45) is 5.92 Å². The van der Waals surface area contributed by atoms with Gasteiger partial charge in [-0.05, 0) is 37.1 Å². The molecule has 1 aliphatic carbocycles. The first kappa shape index (κ1) is 17.9. The fraction of sp³-hybridized carbons (Fsp3) is 0.238. The number of hydrogen-bond donors (Lipinski definition) is 3. The number of carbonyl (C=O) groups is 2. The molecular formula is C21H21N3O4. The third-order valence-corrected chi connectivity index (χ3v) is 4.78. The summed E-state index contributed by atoms with van der Waals surface area (Å²) < 4.78 is 10.8. The first-order valence-electron chi connectivity index (χ1n) is 9.05. The van der Waals surface area contributed by atoms with Crippen LogP contribution >= 0.6 is 0 Å². The molecule has 4 rings (SSSR count). The Hall–Kier alpha value is -3.48. The highest BCUT2D eigenvalue weighted by atomic mass is 16.5. The zero-order valence-electron chi connectivity index (χ0n) is 15.7. The Labute approximate surface area is 162 Å². The summed E-state index contributed by atoms with van der Waals surface area (Å²) in [5, 5.41) is 6.77. The van der Waals surface area contributed by atoms with E-state index in [1.54, 1.807) is 12.1 Å². The highest BCUT2D eigenvalue weighted by Gasteiger charge is 2.30. The van der Waals surface area contributed by atoms with Crippen LogP contribution < -0.4 is 20.1 Å². The number of fused-ring (bicyclic) bond motifs is 1. The van der Waals surface area contributed by atoms with Crippen molar-refractivity contribution in [2.75, 3.05) is 24.9 Å². The number of ether oxygens (including phenoxy) is 2. The van der Waals surface area contributed by atoms with Crippen LogP contribution in [0, 0.1) is 5.92 Å². The van der Waals surface area contributed by atoms with Crippen molar-refractivity contribution >= 4 is 34.1 Å². The van der Waals surface area contributed by atoms with Crippen LogP contribution in [0.4, 0.5) is 11.4 Å². The van der Waals surface area contributed by atoms with Gasteiger partial charge in [0.2, 0.25) is 5.91 Å². The van der Waals surface area contributed by atoms with Gasteiger partial charge in [0, 0.05) is 23.1 Å². The molecule has 144 valence electrons. The predicted octanol–water partition coefficient (Wildman–Crippen LogP) is 3.79. The second-order valence-electron chi connectivity index (χ2n) is 6.72. The van der Waals surface area contributed by atoms with E-state index in [1.165, 1.54) is 14.2 Å². The Morgan fingerprint density at radius 3 is 2.57 bits per heavy atom. The fourth-order valence-corrected chi connectivity index (χ4v) is 3.15. The number of methoxy groups -OCH3 is 2. The summed E-state index contributed by atoms with van der Waals surface area (Å²) in [6, 6.07) is 10.8. The molecule has 0 bridgehead atoms. The Bertz CT molecular complexity index is 1050. The lowest BCUT2D eigenvalue weighted by Gasteiger charge is -2.16. The van der Waals surface area contributed by atoms with Gasteiger partial charge in [-0.1, -0.05) is 12.1 Å². The molecule has 0 atom stereocenters. The van der Waals surface area contributed by atoms with E-state index in [-0.39, 0.29) is 17.7 Å². The zero-order chi connectivity index (χ0) is 19.7. The predicted molar refractivity (Wildman–Crippen MR) is 107 cm³/mol. The molecule has 7 heteroatoms. The summed E-state index contributed by atoms with van der Waals surface area (Å²) in [6.45, 7) is 0. The number of H-pyrrole nitrogens is 1. The first-order chi connectivity index (χ1) is 13.6. The number of aromatic nitrogens is 1. The molecule has 0 unspecified atom stereocenters. The molecule has 1 fully saturated rings. The monoisotopic (exact) mass is 379 g/mol. The van der Waals surface area contributed by atoms with Crippen molar-refractivity contribution in [3.63, 3.8) is 0 Å². The minimum atomic E-state index is -0.315. The number of para-hydroxylation sites is 1. The van der Waals surface area contributed by atoms with E-state index in [9.17, 15) is 9.59 Å². The molecule has 0 radical (unpaired) electrons. The van der Waals surface area contributed by atoms with Crippen molar-refractivity contribution in [1.29, 1.82) is 0 Å². The van der Waals surface area contributed by atoms with Crippen LogP contribution in [-0.4, -0.2) is 31.0 Å². The number of nitrogens with one attached hydrogen (secondary N) is 3.